The highest BCUT2D eigenvalue weighted by Gasteiger charge is 2.02. The van der Waals surface area contributed by atoms with Crippen molar-refractivity contribution >= 4 is 17.9 Å². The number of nitrogens with zero attached hydrogens (tertiary/aromatic N) is 1. The molecule has 3 aromatic rings. The van der Waals surface area contributed by atoms with Crippen LogP contribution in [-0.4, -0.2) is 17.3 Å². The van der Waals surface area contributed by atoms with Gasteiger partial charge in [0.1, 0.15) is 18.2 Å². The van der Waals surface area contributed by atoms with Crippen molar-refractivity contribution in [2.45, 2.75) is 6.61 Å². The first-order valence-electron chi connectivity index (χ1n) is 7.95. The van der Waals surface area contributed by atoms with Gasteiger partial charge in [-0.05, 0) is 65.7 Å². The zero-order valence-corrected chi connectivity index (χ0v) is 13.8. The minimum atomic E-state index is -0.982. The normalized spacial score (nSPS) is 10.8. The number of carboxylic acids is 1. The van der Waals surface area contributed by atoms with Crippen LogP contribution in [0.2, 0.25) is 0 Å². The van der Waals surface area contributed by atoms with Crippen LogP contribution in [0.25, 0.3) is 0 Å². The van der Waals surface area contributed by atoms with Gasteiger partial charge in [0.25, 0.3) is 0 Å². The van der Waals surface area contributed by atoms with Gasteiger partial charge in [-0.25, -0.2) is 9.18 Å². The van der Waals surface area contributed by atoms with E-state index in [9.17, 15) is 9.18 Å². The Kier molecular flexibility index (Phi) is 5.39. The number of rotatable bonds is 6. The third kappa shape index (κ3) is 4.77. The van der Waals surface area contributed by atoms with Crippen LogP contribution in [0.3, 0.4) is 0 Å². The van der Waals surface area contributed by atoms with E-state index in [-0.39, 0.29) is 11.4 Å². The molecule has 0 atom stereocenters. The van der Waals surface area contributed by atoms with E-state index < -0.39 is 5.97 Å². The zero-order chi connectivity index (χ0) is 18.4. The van der Waals surface area contributed by atoms with Crippen LogP contribution in [0.4, 0.5) is 10.1 Å². The summed E-state index contributed by atoms with van der Waals surface area (Å²) >= 11 is 0. The molecule has 5 heteroatoms. The van der Waals surface area contributed by atoms with Gasteiger partial charge in [0.05, 0.1) is 11.3 Å². The fourth-order valence-corrected chi connectivity index (χ4v) is 2.27. The van der Waals surface area contributed by atoms with Gasteiger partial charge in [-0.3, -0.25) is 4.99 Å². The Labute approximate surface area is 150 Å². The Morgan fingerprint density at radius 1 is 1.04 bits per heavy atom. The molecule has 0 heterocycles. The molecule has 130 valence electrons. The first-order chi connectivity index (χ1) is 12.6. The summed E-state index contributed by atoms with van der Waals surface area (Å²) in [5, 5.41) is 8.99. The second-order valence-corrected chi connectivity index (χ2v) is 5.60. The molecule has 0 radical (unpaired) electrons. The van der Waals surface area contributed by atoms with Crippen LogP contribution in [0.5, 0.6) is 5.75 Å². The Balaban J connectivity index is 1.61. The fraction of sp³-hybridized carbons (Fsp3) is 0.0476. The summed E-state index contributed by atoms with van der Waals surface area (Å²) in [5.41, 5.74) is 2.51. The quantitative estimate of drug-likeness (QED) is 0.647. The Morgan fingerprint density at radius 3 is 2.46 bits per heavy atom. The lowest BCUT2D eigenvalue weighted by atomic mass is 10.2. The topological polar surface area (TPSA) is 58.9 Å². The molecule has 0 saturated carbocycles. The maximum absolute atomic E-state index is 12.9. The van der Waals surface area contributed by atoms with Crippen molar-refractivity contribution < 1.29 is 19.0 Å². The van der Waals surface area contributed by atoms with E-state index in [4.69, 9.17) is 9.84 Å². The third-order valence-corrected chi connectivity index (χ3v) is 3.65. The lowest BCUT2D eigenvalue weighted by Gasteiger charge is -2.06. The van der Waals surface area contributed by atoms with E-state index in [1.54, 1.807) is 30.5 Å². The van der Waals surface area contributed by atoms with Crippen molar-refractivity contribution in [3.63, 3.8) is 0 Å². The number of hydrogen-bond acceptors (Lipinski definition) is 3. The SMILES string of the molecule is O=C(O)c1cccc(N=Cc2ccc(OCc3ccc(F)cc3)cc2)c1. The molecular weight excluding hydrogens is 333 g/mol. The highest BCUT2D eigenvalue weighted by molar-refractivity contribution is 5.89. The van der Waals surface area contributed by atoms with Crippen LogP contribution in [0.1, 0.15) is 21.5 Å². The minimum Gasteiger partial charge on any atom is -0.489 e. The summed E-state index contributed by atoms with van der Waals surface area (Å²) in [6, 6.07) is 19.9. The highest BCUT2D eigenvalue weighted by atomic mass is 19.1. The van der Waals surface area contributed by atoms with Crippen LogP contribution < -0.4 is 4.74 Å². The van der Waals surface area contributed by atoms with E-state index in [2.05, 4.69) is 4.99 Å². The molecule has 26 heavy (non-hydrogen) atoms. The highest BCUT2D eigenvalue weighted by Crippen LogP contribution is 2.16. The van der Waals surface area contributed by atoms with Crippen molar-refractivity contribution in [3.05, 3.63) is 95.3 Å². The number of benzene rings is 3. The van der Waals surface area contributed by atoms with Gasteiger partial charge < -0.3 is 9.84 Å². The zero-order valence-electron chi connectivity index (χ0n) is 13.8. The second kappa shape index (κ2) is 8.07. The van der Waals surface area contributed by atoms with Gasteiger partial charge in [0.15, 0.2) is 0 Å². The summed E-state index contributed by atoms with van der Waals surface area (Å²) < 4.78 is 18.5. The molecule has 0 spiro atoms. The Bertz CT molecular complexity index is 919. The van der Waals surface area contributed by atoms with E-state index in [0.29, 0.717) is 18.0 Å². The van der Waals surface area contributed by atoms with Crippen molar-refractivity contribution in [1.82, 2.24) is 0 Å². The molecule has 0 aromatic heterocycles. The average Bonchev–Trinajstić information content (AvgIpc) is 2.67. The molecule has 0 aliphatic heterocycles. The first-order valence-corrected chi connectivity index (χ1v) is 7.95. The predicted octanol–water partition coefficient (Wildman–Crippen LogP) is 4.85. The number of aliphatic imine (C=N–C) groups is 1. The van der Waals surface area contributed by atoms with Crippen molar-refractivity contribution in [2.24, 2.45) is 4.99 Å². The molecule has 0 amide bonds. The van der Waals surface area contributed by atoms with Gasteiger partial charge in [0.2, 0.25) is 0 Å². The van der Waals surface area contributed by atoms with Crippen LogP contribution >= 0.6 is 0 Å². The van der Waals surface area contributed by atoms with E-state index >= 15 is 0 Å². The smallest absolute Gasteiger partial charge is 0.335 e. The van der Waals surface area contributed by atoms with E-state index in [0.717, 1.165) is 11.1 Å². The lowest BCUT2D eigenvalue weighted by molar-refractivity contribution is 0.0697. The minimum absolute atomic E-state index is 0.198. The molecule has 0 saturated heterocycles. The lowest BCUT2D eigenvalue weighted by Crippen LogP contribution is -1.95. The van der Waals surface area contributed by atoms with Gasteiger partial charge in [-0.2, -0.15) is 0 Å². The molecule has 3 rings (SSSR count). The Hall–Kier alpha value is -3.47. The van der Waals surface area contributed by atoms with E-state index in [1.807, 2.05) is 24.3 Å². The number of hydrogen-bond donors (Lipinski definition) is 1. The molecule has 0 fully saturated rings. The van der Waals surface area contributed by atoms with Gasteiger partial charge in [0, 0.05) is 6.21 Å². The van der Waals surface area contributed by atoms with Gasteiger partial charge in [-0.1, -0.05) is 18.2 Å². The molecule has 1 N–H and O–H groups in total. The standard InChI is InChI=1S/C21H16FNO3/c22-18-8-4-16(5-9-18)14-26-20-10-6-15(7-11-20)13-23-19-3-1-2-17(12-19)21(24)25/h1-13H,14H2,(H,24,25). The van der Waals surface area contributed by atoms with E-state index in [1.165, 1.54) is 24.3 Å². The molecule has 3 aromatic carbocycles. The number of carboxylic acid groups (broad SMARTS) is 1. The summed E-state index contributed by atoms with van der Waals surface area (Å²) in [6.45, 7) is 0.357. The average molecular weight is 349 g/mol. The largest absolute Gasteiger partial charge is 0.489 e. The van der Waals surface area contributed by atoms with Gasteiger partial charge >= 0.3 is 5.97 Å². The van der Waals surface area contributed by atoms with Crippen LogP contribution in [0, 0.1) is 5.82 Å². The number of carbonyl (C=O) groups is 1. The maximum Gasteiger partial charge on any atom is 0.335 e. The van der Waals surface area contributed by atoms with Crippen LogP contribution in [-0.2, 0) is 6.61 Å². The molecule has 0 unspecified atom stereocenters. The predicted molar refractivity (Wildman–Crippen MR) is 97.8 cm³/mol. The van der Waals surface area contributed by atoms with Crippen molar-refractivity contribution in [3.8, 4) is 5.75 Å². The summed E-state index contributed by atoms with van der Waals surface area (Å²) in [6.07, 6.45) is 1.66. The molecule has 0 bridgehead atoms. The number of halogens is 1. The molecule has 4 nitrogen and oxygen atoms in total. The van der Waals surface area contributed by atoms with Crippen molar-refractivity contribution in [1.29, 1.82) is 0 Å². The summed E-state index contributed by atoms with van der Waals surface area (Å²) in [5.74, 6) is -0.560. The summed E-state index contributed by atoms with van der Waals surface area (Å²) in [4.78, 5) is 15.2. The van der Waals surface area contributed by atoms with Crippen LogP contribution in [0.15, 0.2) is 77.8 Å². The number of ether oxygens (including phenoxy) is 1. The first kappa shape index (κ1) is 17.4. The summed E-state index contributed by atoms with van der Waals surface area (Å²) in [7, 11) is 0. The fourth-order valence-electron chi connectivity index (χ4n) is 2.27. The van der Waals surface area contributed by atoms with Gasteiger partial charge in [-0.15, -0.1) is 0 Å². The Morgan fingerprint density at radius 2 is 1.77 bits per heavy atom. The second-order valence-electron chi connectivity index (χ2n) is 5.60. The molecule has 0 aliphatic rings. The monoisotopic (exact) mass is 349 g/mol. The molecule has 0 aliphatic carbocycles. The van der Waals surface area contributed by atoms with Crippen molar-refractivity contribution in [2.75, 3.05) is 0 Å². The molecular formula is C21H16FNO3. The number of aromatic carboxylic acids is 1. The third-order valence-electron chi connectivity index (χ3n) is 3.65. The maximum atomic E-state index is 12.9.